The molecular weight excluding hydrogens is 250 g/mol. The number of thiazole rings is 1. The lowest BCUT2D eigenvalue weighted by atomic mass is 10.2. The van der Waals surface area contributed by atoms with Gasteiger partial charge in [-0.15, -0.1) is 11.3 Å². The fourth-order valence-corrected chi connectivity index (χ4v) is 3.99. The summed E-state index contributed by atoms with van der Waals surface area (Å²) in [6, 6.07) is 0.363. The number of nitrogens with zero attached hydrogens (tertiary/aromatic N) is 2. The second kappa shape index (κ2) is 6.07. The van der Waals surface area contributed by atoms with Gasteiger partial charge in [-0.2, -0.15) is 11.8 Å². The highest BCUT2D eigenvalue weighted by atomic mass is 32.2. The monoisotopic (exact) mass is 271 g/mol. The molecule has 0 radical (unpaired) electrons. The first kappa shape index (κ1) is 13.2. The first-order valence-electron chi connectivity index (χ1n) is 6.26. The van der Waals surface area contributed by atoms with Gasteiger partial charge in [-0.1, -0.05) is 13.8 Å². The van der Waals surface area contributed by atoms with Crippen molar-refractivity contribution in [3.05, 3.63) is 11.1 Å². The quantitative estimate of drug-likeness (QED) is 0.911. The first-order valence-corrected chi connectivity index (χ1v) is 8.19. The van der Waals surface area contributed by atoms with Crippen LogP contribution in [0.5, 0.6) is 0 Å². The second-order valence-electron chi connectivity index (χ2n) is 4.46. The average molecular weight is 271 g/mol. The van der Waals surface area contributed by atoms with Crippen LogP contribution in [0.4, 0.5) is 5.13 Å². The molecule has 0 saturated carbocycles. The van der Waals surface area contributed by atoms with Crippen LogP contribution in [-0.4, -0.2) is 35.6 Å². The molecule has 2 unspecified atom stereocenters. The number of thioether (sulfide) groups is 1. The number of anilines is 1. The number of hydrogen-bond acceptors (Lipinski definition) is 5. The zero-order valence-electron chi connectivity index (χ0n) is 10.8. The molecule has 96 valence electrons. The Morgan fingerprint density at radius 3 is 3.18 bits per heavy atom. The maximum atomic E-state index is 4.76. The van der Waals surface area contributed by atoms with Crippen molar-refractivity contribution in [3.8, 4) is 0 Å². The van der Waals surface area contributed by atoms with Crippen molar-refractivity contribution < 1.29 is 0 Å². The van der Waals surface area contributed by atoms with E-state index in [1.807, 2.05) is 0 Å². The van der Waals surface area contributed by atoms with Gasteiger partial charge < -0.3 is 10.2 Å². The summed E-state index contributed by atoms with van der Waals surface area (Å²) in [6.07, 6.45) is 0. The molecule has 1 aromatic heterocycles. The fraction of sp³-hybridized carbons (Fsp3) is 0.750. The molecule has 5 heteroatoms. The van der Waals surface area contributed by atoms with Gasteiger partial charge in [0.1, 0.15) is 0 Å². The predicted octanol–water partition coefficient (Wildman–Crippen LogP) is 2.76. The maximum absolute atomic E-state index is 4.76. The van der Waals surface area contributed by atoms with E-state index in [9.17, 15) is 0 Å². The van der Waals surface area contributed by atoms with E-state index in [2.05, 4.69) is 48.1 Å². The molecule has 1 aromatic rings. The van der Waals surface area contributed by atoms with Crippen LogP contribution in [0.1, 0.15) is 32.5 Å². The summed E-state index contributed by atoms with van der Waals surface area (Å²) in [5.41, 5.74) is 1.18. The Labute approximate surface area is 112 Å². The average Bonchev–Trinajstić information content (AvgIpc) is 2.78. The minimum absolute atomic E-state index is 0.363. The number of rotatable bonds is 4. The molecule has 2 atom stereocenters. The molecule has 0 aliphatic carbocycles. The molecule has 2 rings (SSSR count). The summed E-state index contributed by atoms with van der Waals surface area (Å²) in [4.78, 5) is 7.18. The minimum Gasteiger partial charge on any atom is -0.346 e. The first-order chi connectivity index (χ1) is 8.20. The van der Waals surface area contributed by atoms with Crippen molar-refractivity contribution in [3.63, 3.8) is 0 Å². The molecule has 0 aromatic carbocycles. The minimum atomic E-state index is 0.363. The SMILES string of the molecule is CCNC(C)c1csc(N2CCSC(C)C2)n1. The van der Waals surface area contributed by atoms with Crippen molar-refractivity contribution in [2.24, 2.45) is 0 Å². The van der Waals surface area contributed by atoms with Gasteiger partial charge in [-0.3, -0.25) is 0 Å². The summed E-state index contributed by atoms with van der Waals surface area (Å²) in [6.45, 7) is 9.87. The van der Waals surface area contributed by atoms with Gasteiger partial charge in [0, 0.05) is 35.5 Å². The Morgan fingerprint density at radius 2 is 2.47 bits per heavy atom. The molecule has 1 fully saturated rings. The van der Waals surface area contributed by atoms with E-state index in [0.717, 1.165) is 24.9 Å². The zero-order valence-corrected chi connectivity index (χ0v) is 12.4. The van der Waals surface area contributed by atoms with Crippen molar-refractivity contribution in [1.82, 2.24) is 10.3 Å². The normalized spacial score (nSPS) is 22.8. The van der Waals surface area contributed by atoms with Crippen LogP contribution < -0.4 is 10.2 Å². The van der Waals surface area contributed by atoms with Crippen molar-refractivity contribution in [2.45, 2.75) is 32.1 Å². The van der Waals surface area contributed by atoms with Gasteiger partial charge in [0.2, 0.25) is 0 Å². The lowest BCUT2D eigenvalue weighted by Gasteiger charge is -2.30. The molecule has 0 spiro atoms. The van der Waals surface area contributed by atoms with Crippen molar-refractivity contribution >= 4 is 28.2 Å². The van der Waals surface area contributed by atoms with Crippen molar-refractivity contribution in [2.75, 3.05) is 30.3 Å². The van der Waals surface area contributed by atoms with Crippen molar-refractivity contribution in [1.29, 1.82) is 0 Å². The van der Waals surface area contributed by atoms with E-state index in [-0.39, 0.29) is 0 Å². The summed E-state index contributed by atoms with van der Waals surface area (Å²) in [5, 5.41) is 7.51. The molecule has 0 bridgehead atoms. The molecule has 1 aliphatic heterocycles. The molecule has 17 heavy (non-hydrogen) atoms. The lowest BCUT2D eigenvalue weighted by molar-refractivity contribution is 0.585. The predicted molar refractivity (Wildman–Crippen MR) is 78.3 cm³/mol. The van der Waals surface area contributed by atoms with Crippen LogP contribution in [0, 0.1) is 0 Å². The fourth-order valence-electron chi connectivity index (χ4n) is 2.02. The van der Waals surface area contributed by atoms with Gasteiger partial charge in [0.15, 0.2) is 5.13 Å². The largest absolute Gasteiger partial charge is 0.346 e. The van der Waals surface area contributed by atoms with Gasteiger partial charge in [-0.05, 0) is 13.5 Å². The summed E-state index contributed by atoms with van der Waals surface area (Å²) in [7, 11) is 0. The topological polar surface area (TPSA) is 28.2 Å². The molecule has 1 saturated heterocycles. The van der Waals surface area contributed by atoms with E-state index < -0.39 is 0 Å². The summed E-state index contributed by atoms with van der Waals surface area (Å²) < 4.78 is 0. The summed E-state index contributed by atoms with van der Waals surface area (Å²) in [5.74, 6) is 1.22. The maximum Gasteiger partial charge on any atom is 0.185 e. The standard InChI is InChI=1S/C12H21N3S2/c1-4-13-10(3)11-8-17-12(14-11)15-5-6-16-9(2)7-15/h8-10,13H,4-7H2,1-3H3. The number of aromatic nitrogens is 1. The Kier molecular flexibility index (Phi) is 4.70. The highest BCUT2D eigenvalue weighted by molar-refractivity contribution is 8.00. The Hall–Kier alpha value is -0.260. The highest BCUT2D eigenvalue weighted by Crippen LogP contribution is 2.28. The Morgan fingerprint density at radius 1 is 1.65 bits per heavy atom. The molecule has 1 N–H and O–H groups in total. The van der Waals surface area contributed by atoms with Crippen LogP contribution in [0.25, 0.3) is 0 Å². The Bertz CT molecular complexity index is 353. The molecule has 0 amide bonds. The van der Waals surface area contributed by atoms with E-state index >= 15 is 0 Å². The van der Waals surface area contributed by atoms with Crippen LogP contribution >= 0.6 is 23.1 Å². The van der Waals surface area contributed by atoms with E-state index in [0.29, 0.717) is 6.04 Å². The molecule has 1 aliphatic rings. The van der Waals surface area contributed by atoms with E-state index in [1.165, 1.54) is 16.6 Å². The highest BCUT2D eigenvalue weighted by Gasteiger charge is 2.20. The van der Waals surface area contributed by atoms with Crippen LogP contribution in [-0.2, 0) is 0 Å². The van der Waals surface area contributed by atoms with Gasteiger partial charge in [-0.25, -0.2) is 4.98 Å². The van der Waals surface area contributed by atoms with Crippen LogP contribution in [0.2, 0.25) is 0 Å². The van der Waals surface area contributed by atoms with Gasteiger partial charge in [0.05, 0.1) is 5.69 Å². The number of nitrogens with one attached hydrogen (secondary N) is 1. The molecule has 2 heterocycles. The second-order valence-corrected chi connectivity index (χ2v) is 6.84. The summed E-state index contributed by atoms with van der Waals surface area (Å²) >= 11 is 3.84. The van der Waals surface area contributed by atoms with Crippen LogP contribution in [0.15, 0.2) is 5.38 Å². The number of hydrogen-bond donors (Lipinski definition) is 1. The smallest absolute Gasteiger partial charge is 0.185 e. The lowest BCUT2D eigenvalue weighted by Crippen LogP contribution is -2.36. The third-order valence-corrected chi connectivity index (χ3v) is 5.03. The van der Waals surface area contributed by atoms with E-state index in [4.69, 9.17) is 4.98 Å². The van der Waals surface area contributed by atoms with E-state index in [1.54, 1.807) is 11.3 Å². The zero-order chi connectivity index (χ0) is 12.3. The third-order valence-electron chi connectivity index (χ3n) is 2.98. The molecular formula is C12H21N3S2. The third kappa shape index (κ3) is 3.36. The van der Waals surface area contributed by atoms with Gasteiger partial charge >= 0.3 is 0 Å². The molecule has 3 nitrogen and oxygen atoms in total. The van der Waals surface area contributed by atoms with Crippen LogP contribution in [0.3, 0.4) is 0 Å². The Balaban J connectivity index is 2.02. The van der Waals surface area contributed by atoms with Gasteiger partial charge in [0.25, 0.3) is 0 Å².